The van der Waals surface area contributed by atoms with Gasteiger partial charge in [-0.1, -0.05) is 7.43 Å². The lowest BCUT2D eigenvalue weighted by atomic mass is 10.0. The van der Waals surface area contributed by atoms with Crippen molar-refractivity contribution in [1.82, 2.24) is 9.80 Å². The zero-order valence-electron chi connectivity index (χ0n) is 22.0. The Morgan fingerprint density at radius 2 is 1.14 bits per heavy atom. The Labute approximate surface area is 215 Å². The highest BCUT2D eigenvalue weighted by Crippen LogP contribution is 2.23. The molecule has 2 fully saturated rings. The average molecular weight is 527 g/mol. The molecule has 0 aromatic rings. The van der Waals surface area contributed by atoms with Gasteiger partial charge in [-0.3, -0.25) is 4.79 Å². The van der Waals surface area contributed by atoms with E-state index in [1.807, 2.05) is 0 Å². The second-order valence-electron chi connectivity index (χ2n) is 10.4. The van der Waals surface area contributed by atoms with E-state index in [0.717, 1.165) is 7.11 Å². The highest BCUT2D eigenvalue weighted by atomic mass is 16.6. The minimum Gasteiger partial charge on any atom is -0.480 e. The Balaban J connectivity index is -0.000000558. The molecule has 214 valence electrons. The molecule has 13 heteroatoms. The van der Waals surface area contributed by atoms with Gasteiger partial charge in [-0.25, -0.2) is 14.4 Å². The molecule has 0 spiro atoms. The number of nitrogens with two attached hydrogens (primary N) is 2. The summed E-state index contributed by atoms with van der Waals surface area (Å²) >= 11 is 0. The predicted octanol–water partition coefficient (Wildman–Crippen LogP) is 1.40. The summed E-state index contributed by atoms with van der Waals surface area (Å²) < 4.78 is 15.0. The summed E-state index contributed by atoms with van der Waals surface area (Å²) in [6, 6.07) is 0. The van der Waals surface area contributed by atoms with Crippen molar-refractivity contribution in [1.29, 1.82) is 0 Å². The molecule has 36 heavy (non-hydrogen) atoms. The molecule has 0 aliphatic carbocycles. The lowest BCUT2D eigenvalue weighted by Gasteiger charge is -2.25. The summed E-state index contributed by atoms with van der Waals surface area (Å²) in [5.74, 6) is -1.58. The molecule has 0 aromatic carbocycles. The number of aliphatic hydroxyl groups excluding tert-OH is 1. The van der Waals surface area contributed by atoms with Crippen molar-refractivity contribution in [2.24, 2.45) is 11.5 Å². The van der Waals surface area contributed by atoms with Crippen LogP contribution in [0.2, 0.25) is 0 Å². The van der Waals surface area contributed by atoms with E-state index in [-0.39, 0.29) is 28.4 Å². The van der Waals surface area contributed by atoms with Gasteiger partial charge in [0.15, 0.2) is 0 Å². The van der Waals surface area contributed by atoms with Crippen LogP contribution >= 0.6 is 0 Å². The lowest BCUT2D eigenvalue weighted by Crippen LogP contribution is -2.51. The largest absolute Gasteiger partial charge is 0.480 e. The molecule has 6 N–H and O–H groups in total. The van der Waals surface area contributed by atoms with Gasteiger partial charge in [0.1, 0.15) is 22.3 Å². The first-order valence-corrected chi connectivity index (χ1v) is 11.1. The van der Waals surface area contributed by atoms with Crippen LogP contribution in [0.3, 0.4) is 0 Å². The van der Waals surface area contributed by atoms with Crippen LogP contribution < -0.4 is 11.5 Å². The number of aliphatic carboxylic acids is 1. The number of esters is 1. The molecule has 2 unspecified atom stereocenters. The Morgan fingerprint density at radius 1 is 0.806 bits per heavy atom. The van der Waals surface area contributed by atoms with E-state index in [2.05, 4.69) is 4.74 Å². The van der Waals surface area contributed by atoms with E-state index >= 15 is 0 Å². The van der Waals surface area contributed by atoms with Crippen LogP contribution in [0.15, 0.2) is 0 Å². The summed E-state index contributed by atoms with van der Waals surface area (Å²) in [6.45, 7) is 11.5. The lowest BCUT2D eigenvalue weighted by molar-refractivity contribution is -0.146. The second-order valence-corrected chi connectivity index (χ2v) is 10.4. The molecule has 0 aromatic heterocycles. The van der Waals surface area contributed by atoms with E-state index in [4.69, 9.17) is 31.2 Å². The molecule has 2 aliphatic heterocycles. The number of carboxylic acid groups (broad SMARTS) is 1. The van der Waals surface area contributed by atoms with Gasteiger partial charge in [0.05, 0.1) is 20.2 Å². The number of likely N-dealkylation sites (tertiary alicyclic amines) is 2. The van der Waals surface area contributed by atoms with E-state index in [9.17, 15) is 19.2 Å². The van der Waals surface area contributed by atoms with Crippen LogP contribution in [-0.2, 0) is 23.8 Å². The zero-order valence-corrected chi connectivity index (χ0v) is 22.0. The van der Waals surface area contributed by atoms with Gasteiger partial charge >= 0.3 is 24.1 Å². The second kappa shape index (κ2) is 13.6. The quantitative estimate of drug-likeness (QED) is 0.300. The molecule has 2 amide bonds. The normalized spacial score (nSPS) is 23.2. The highest BCUT2D eigenvalue weighted by molar-refractivity contribution is 5.83. The average Bonchev–Trinajstić information content (AvgIpc) is 3.32. The maximum absolute atomic E-state index is 11.8. The number of carbonyl (C=O) groups is 4. The van der Waals surface area contributed by atoms with Gasteiger partial charge in [0, 0.05) is 21.6 Å². The molecule has 0 bridgehead atoms. The van der Waals surface area contributed by atoms with E-state index in [1.54, 1.807) is 41.5 Å². The van der Waals surface area contributed by atoms with Crippen molar-refractivity contribution in [3.8, 4) is 0 Å². The fourth-order valence-corrected chi connectivity index (χ4v) is 3.18. The summed E-state index contributed by atoms with van der Waals surface area (Å²) in [5.41, 5.74) is 7.95. The number of nitrogens with zero attached hydrogens (tertiary/aromatic N) is 2. The van der Waals surface area contributed by atoms with Crippen LogP contribution in [0.25, 0.3) is 0 Å². The maximum Gasteiger partial charge on any atom is 0.410 e. The van der Waals surface area contributed by atoms with Gasteiger partial charge in [0.2, 0.25) is 0 Å². The van der Waals surface area contributed by atoms with Crippen LogP contribution in [0, 0.1) is 0 Å². The number of methoxy groups -OCH3 is 1. The predicted molar refractivity (Wildman–Crippen MR) is 135 cm³/mol. The number of aliphatic hydroxyl groups is 1. The van der Waals surface area contributed by atoms with Gasteiger partial charge in [-0.05, 0) is 54.4 Å². The monoisotopic (exact) mass is 526 g/mol. The van der Waals surface area contributed by atoms with E-state index < -0.39 is 46.4 Å². The molecule has 13 nitrogen and oxygen atoms in total. The Bertz CT molecular complexity index is 770. The third-order valence-electron chi connectivity index (χ3n) is 4.92. The number of rotatable bonds is 2. The van der Waals surface area contributed by atoms with Gasteiger partial charge in [0.25, 0.3) is 0 Å². The summed E-state index contributed by atoms with van der Waals surface area (Å²) in [5, 5.41) is 15.9. The molecule has 0 saturated carbocycles. The third kappa shape index (κ3) is 11.0. The molecular formula is C23H48N4O9. The molecular weight excluding hydrogens is 476 g/mol. The number of carbonyl (C=O) groups excluding carboxylic acids is 3. The number of hydrogen-bond donors (Lipinski definition) is 4. The number of amides is 2. The molecule has 2 saturated heterocycles. The molecule has 2 aliphatic rings. The Hall–Kier alpha value is -2.64. The van der Waals surface area contributed by atoms with Crippen LogP contribution in [-0.4, -0.2) is 107 Å². The first-order valence-electron chi connectivity index (χ1n) is 11.1. The molecule has 2 rings (SSSR count). The molecule has 2 atom stereocenters. The first-order chi connectivity index (χ1) is 15.8. The summed E-state index contributed by atoms with van der Waals surface area (Å²) in [4.78, 5) is 48.5. The topological polar surface area (TPSA) is 195 Å². The standard InChI is InChI=1S/C11H20N2O4.C10H18N2O4.CH4O.CH4.H2/c1-10(2,3)17-9(15)13-6-5-11(12,7-13)8(14)16-4;1-9(2,3)16-8(15)12-5-4-10(11,6-12)7(13)14;1-2;;/h5-7,12H2,1-4H3;4-6,11H2,1-3H3,(H,13,14);2H,1H3;1H4;1H/i;;;;1+2. The fourth-order valence-electron chi connectivity index (χ4n) is 3.18. The molecule has 0 radical (unpaired) electrons. The van der Waals surface area contributed by atoms with Crippen molar-refractivity contribution < 1.29 is 45.0 Å². The minimum atomic E-state index is -1.34. The van der Waals surface area contributed by atoms with Crippen LogP contribution in [0.1, 0.15) is 63.2 Å². The third-order valence-corrected chi connectivity index (χ3v) is 4.92. The smallest absolute Gasteiger partial charge is 0.410 e. The Morgan fingerprint density at radius 3 is 1.42 bits per heavy atom. The minimum absolute atomic E-state index is 0. The Kier molecular flexibility index (Phi) is 13.4. The van der Waals surface area contributed by atoms with Gasteiger partial charge in [-0.2, -0.15) is 0 Å². The summed E-state index contributed by atoms with van der Waals surface area (Å²) in [7, 11) is 2.28. The van der Waals surface area contributed by atoms with Crippen molar-refractivity contribution >= 4 is 24.1 Å². The van der Waals surface area contributed by atoms with Crippen molar-refractivity contribution in [3.05, 3.63) is 0 Å². The number of hydrogen-bond acceptors (Lipinski definition) is 10. The highest BCUT2D eigenvalue weighted by Gasteiger charge is 2.45. The number of ether oxygens (including phenoxy) is 3. The molecule has 2 heterocycles. The van der Waals surface area contributed by atoms with Gasteiger partial charge < -0.3 is 45.7 Å². The van der Waals surface area contributed by atoms with E-state index in [0.29, 0.717) is 19.5 Å². The van der Waals surface area contributed by atoms with E-state index in [1.165, 1.54) is 16.9 Å². The first kappa shape index (κ1) is 35.5. The number of carboxylic acids is 1. The fraction of sp³-hybridized carbons (Fsp3) is 0.826. The SMILES string of the molecule is C.CC(C)(C)OC(=O)N1CCC(N)(C(=O)O)C1.CO.COC(=O)C1(N)CCN(C(=O)OC(C)(C)C)C1.[3HH]. The zero-order chi connectivity index (χ0) is 27.8. The van der Waals surface area contributed by atoms with Crippen molar-refractivity contribution in [2.45, 2.75) is 84.1 Å². The van der Waals surface area contributed by atoms with Crippen LogP contribution in [0.5, 0.6) is 0 Å². The van der Waals surface area contributed by atoms with Crippen LogP contribution in [0.4, 0.5) is 9.59 Å². The van der Waals surface area contributed by atoms with Crippen molar-refractivity contribution in [3.63, 3.8) is 0 Å². The van der Waals surface area contributed by atoms with Crippen molar-refractivity contribution in [2.75, 3.05) is 40.4 Å². The van der Waals surface area contributed by atoms with Gasteiger partial charge in [-0.15, -0.1) is 0 Å². The maximum atomic E-state index is 11.8. The summed E-state index contributed by atoms with van der Waals surface area (Å²) in [6.07, 6.45) is -0.324.